The van der Waals surface area contributed by atoms with Crippen LogP contribution in [0.3, 0.4) is 0 Å². The lowest BCUT2D eigenvalue weighted by Gasteiger charge is -2.08. The van der Waals surface area contributed by atoms with Crippen molar-refractivity contribution < 1.29 is 13.9 Å². The van der Waals surface area contributed by atoms with Gasteiger partial charge < -0.3 is 15.4 Å². The SMILES string of the molecule is CCOc1ccc(Nc2cnc(C(=O)NCc3ccccc3F)cn2)cc1. The molecule has 0 aliphatic carbocycles. The minimum Gasteiger partial charge on any atom is -0.494 e. The topological polar surface area (TPSA) is 76.1 Å². The first-order valence-corrected chi connectivity index (χ1v) is 8.49. The zero-order chi connectivity index (χ0) is 19.1. The summed E-state index contributed by atoms with van der Waals surface area (Å²) in [6, 6.07) is 13.7. The first-order valence-electron chi connectivity index (χ1n) is 8.49. The molecule has 138 valence electrons. The van der Waals surface area contributed by atoms with E-state index in [-0.39, 0.29) is 18.1 Å². The lowest BCUT2D eigenvalue weighted by Crippen LogP contribution is -2.24. The van der Waals surface area contributed by atoms with Crippen molar-refractivity contribution in [2.24, 2.45) is 0 Å². The molecule has 0 unspecified atom stereocenters. The van der Waals surface area contributed by atoms with Crippen LogP contribution in [0.2, 0.25) is 0 Å². The third kappa shape index (κ3) is 5.01. The molecule has 0 spiro atoms. The molecule has 27 heavy (non-hydrogen) atoms. The molecule has 7 heteroatoms. The van der Waals surface area contributed by atoms with Gasteiger partial charge in [-0.25, -0.2) is 14.4 Å². The summed E-state index contributed by atoms with van der Waals surface area (Å²) in [7, 11) is 0. The minimum atomic E-state index is -0.418. The molecule has 1 heterocycles. The van der Waals surface area contributed by atoms with E-state index in [0.29, 0.717) is 18.0 Å². The Bertz CT molecular complexity index is 899. The number of halogens is 1. The van der Waals surface area contributed by atoms with Crippen LogP contribution >= 0.6 is 0 Å². The Hall–Kier alpha value is -3.48. The number of rotatable bonds is 7. The van der Waals surface area contributed by atoms with E-state index in [1.54, 1.807) is 18.2 Å². The Morgan fingerprint density at radius 2 is 1.85 bits per heavy atom. The summed E-state index contributed by atoms with van der Waals surface area (Å²) in [5.74, 6) is 0.512. The molecule has 0 bridgehead atoms. The van der Waals surface area contributed by atoms with Crippen LogP contribution in [0, 0.1) is 5.82 Å². The fraction of sp³-hybridized carbons (Fsp3) is 0.150. The summed E-state index contributed by atoms with van der Waals surface area (Å²) >= 11 is 0. The Morgan fingerprint density at radius 1 is 1.07 bits per heavy atom. The van der Waals surface area contributed by atoms with E-state index in [1.807, 2.05) is 31.2 Å². The van der Waals surface area contributed by atoms with Gasteiger partial charge in [0.2, 0.25) is 0 Å². The number of hydrogen-bond donors (Lipinski definition) is 2. The molecular formula is C20H19FN4O2. The largest absolute Gasteiger partial charge is 0.494 e. The van der Waals surface area contributed by atoms with Crippen molar-refractivity contribution >= 4 is 17.4 Å². The van der Waals surface area contributed by atoms with Gasteiger partial charge in [-0.1, -0.05) is 18.2 Å². The number of ether oxygens (including phenoxy) is 1. The van der Waals surface area contributed by atoms with E-state index in [1.165, 1.54) is 18.5 Å². The second-order valence-electron chi connectivity index (χ2n) is 5.64. The number of anilines is 2. The molecule has 0 atom stereocenters. The van der Waals surface area contributed by atoms with Gasteiger partial charge in [0.1, 0.15) is 23.1 Å². The number of carbonyl (C=O) groups excluding carboxylic acids is 1. The highest BCUT2D eigenvalue weighted by molar-refractivity contribution is 5.92. The second kappa shape index (κ2) is 8.75. The molecule has 0 saturated carbocycles. The van der Waals surface area contributed by atoms with E-state index in [9.17, 15) is 9.18 Å². The molecule has 3 rings (SSSR count). The summed E-state index contributed by atoms with van der Waals surface area (Å²) in [4.78, 5) is 20.4. The molecule has 0 fully saturated rings. The number of aromatic nitrogens is 2. The Labute approximate surface area is 156 Å². The summed E-state index contributed by atoms with van der Waals surface area (Å²) in [5, 5.41) is 5.72. The average molecular weight is 366 g/mol. The van der Waals surface area contributed by atoms with E-state index < -0.39 is 5.91 Å². The van der Waals surface area contributed by atoms with E-state index >= 15 is 0 Å². The lowest BCUT2D eigenvalue weighted by atomic mass is 10.2. The number of hydrogen-bond acceptors (Lipinski definition) is 5. The highest BCUT2D eigenvalue weighted by atomic mass is 19.1. The van der Waals surface area contributed by atoms with E-state index in [4.69, 9.17) is 4.74 Å². The van der Waals surface area contributed by atoms with Crippen molar-refractivity contribution in [1.29, 1.82) is 0 Å². The first-order chi connectivity index (χ1) is 13.2. The molecular weight excluding hydrogens is 347 g/mol. The van der Waals surface area contributed by atoms with Gasteiger partial charge in [-0.3, -0.25) is 4.79 Å². The highest BCUT2D eigenvalue weighted by Gasteiger charge is 2.09. The van der Waals surface area contributed by atoms with Gasteiger partial charge in [-0.2, -0.15) is 0 Å². The van der Waals surface area contributed by atoms with Gasteiger partial charge in [0.05, 0.1) is 19.0 Å². The van der Waals surface area contributed by atoms with Gasteiger partial charge >= 0.3 is 0 Å². The molecule has 0 aliphatic heterocycles. The number of nitrogens with zero attached hydrogens (tertiary/aromatic N) is 2. The molecule has 0 saturated heterocycles. The van der Waals surface area contributed by atoms with Crippen LogP contribution in [-0.2, 0) is 6.54 Å². The van der Waals surface area contributed by atoms with Gasteiger partial charge in [0, 0.05) is 17.8 Å². The van der Waals surface area contributed by atoms with Crippen LogP contribution in [0.15, 0.2) is 60.9 Å². The Morgan fingerprint density at radius 3 is 2.52 bits per heavy atom. The van der Waals surface area contributed by atoms with Crippen LogP contribution in [0.4, 0.5) is 15.9 Å². The predicted octanol–water partition coefficient (Wildman–Crippen LogP) is 3.69. The molecule has 1 aromatic heterocycles. The third-order valence-corrected chi connectivity index (χ3v) is 3.72. The summed E-state index contributed by atoms with van der Waals surface area (Å²) in [5.41, 5.74) is 1.39. The molecule has 0 radical (unpaired) electrons. The number of nitrogens with one attached hydrogen (secondary N) is 2. The van der Waals surface area contributed by atoms with Crippen molar-refractivity contribution in [2.45, 2.75) is 13.5 Å². The zero-order valence-corrected chi connectivity index (χ0v) is 14.8. The van der Waals surface area contributed by atoms with Crippen LogP contribution < -0.4 is 15.4 Å². The lowest BCUT2D eigenvalue weighted by molar-refractivity contribution is 0.0945. The van der Waals surface area contributed by atoms with Crippen molar-refractivity contribution in [3.05, 3.63) is 78.0 Å². The quantitative estimate of drug-likeness (QED) is 0.667. The first kappa shape index (κ1) is 18.3. The monoisotopic (exact) mass is 366 g/mol. The van der Waals surface area contributed by atoms with Gasteiger partial charge in [-0.15, -0.1) is 0 Å². The third-order valence-electron chi connectivity index (χ3n) is 3.72. The summed E-state index contributed by atoms with van der Waals surface area (Å²) in [6.45, 7) is 2.62. The maximum atomic E-state index is 13.6. The van der Waals surface area contributed by atoms with Crippen LogP contribution in [0.1, 0.15) is 23.0 Å². The predicted molar refractivity (Wildman–Crippen MR) is 100 cm³/mol. The normalized spacial score (nSPS) is 10.3. The molecule has 1 amide bonds. The fourth-order valence-corrected chi connectivity index (χ4v) is 2.37. The van der Waals surface area contributed by atoms with E-state index in [0.717, 1.165) is 11.4 Å². The number of benzene rings is 2. The molecule has 0 aliphatic rings. The van der Waals surface area contributed by atoms with Crippen molar-refractivity contribution in [3.63, 3.8) is 0 Å². The Balaban J connectivity index is 1.57. The Kier molecular flexibility index (Phi) is 5.94. The van der Waals surface area contributed by atoms with Crippen molar-refractivity contribution in [2.75, 3.05) is 11.9 Å². The van der Waals surface area contributed by atoms with Crippen molar-refractivity contribution in [3.8, 4) is 5.75 Å². The van der Waals surface area contributed by atoms with Crippen molar-refractivity contribution in [1.82, 2.24) is 15.3 Å². The van der Waals surface area contributed by atoms with Gasteiger partial charge in [0.25, 0.3) is 5.91 Å². The average Bonchev–Trinajstić information content (AvgIpc) is 2.69. The van der Waals surface area contributed by atoms with Gasteiger partial charge in [-0.05, 0) is 37.3 Å². The minimum absolute atomic E-state index is 0.0827. The van der Waals surface area contributed by atoms with Crippen LogP contribution in [-0.4, -0.2) is 22.5 Å². The molecule has 2 N–H and O–H groups in total. The fourth-order valence-electron chi connectivity index (χ4n) is 2.37. The highest BCUT2D eigenvalue weighted by Crippen LogP contribution is 2.18. The standard InChI is InChI=1S/C20H19FN4O2/c1-2-27-16-9-7-15(8-10-16)25-19-13-22-18(12-23-19)20(26)24-11-14-5-3-4-6-17(14)21/h3-10,12-13H,2,11H2,1H3,(H,23,25)(H,24,26). The number of carbonyl (C=O) groups is 1. The maximum absolute atomic E-state index is 13.6. The smallest absolute Gasteiger partial charge is 0.271 e. The molecule has 6 nitrogen and oxygen atoms in total. The maximum Gasteiger partial charge on any atom is 0.271 e. The van der Waals surface area contributed by atoms with Crippen LogP contribution in [0.5, 0.6) is 5.75 Å². The summed E-state index contributed by atoms with van der Waals surface area (Å²) < 4.78 is 19.0. The van der Waals surface area contributed by atoms with Crippen LogP contribution in [0.25, 0.3) is 0 Å². The van der Waals surface area contributed by atoms with E-state index in [2.05, 4.69) is 20.6 Å². The zero-order valence-electron chi connectivity index (χ0n) is 14.8. The summed E-state index contributed by atoms with van der Waals surface area (Å²) in [6.07, 6.45) is 2.84. The number of amides is 1. The van der Waals surface area contributed by atoms with Gasteiger partial charge in [0.15, 0.2) is 0 Å². The second-order valence-corrected chi connectivity index (χ2v) is 5.64. The molecule has 2 aromatic carbocycles. The molecule has 3 aromatic rings.